The van der Waals surface area contributed by atoms with Crippen LogP contribution < -0.4 is 10.6 Å². The van der Waals surface area contributed by atoms with Crippen LogP contribution >= 0.6 is 0 Å². The molecule has 2 aromatic heterocycles. The molecule has 204 valence electrons. The van der Waals surface area contributed by atoms with E-state index in [1.165, 1.54) is 16.7 Å². The van der Waals surface area contributed by atoms with Crippen molar-refractivity contribution >= 4 is 28.8 Å². The SMILES string of the molecule is C=CC(=O)N1CCN(c2nc(=O)n(-c3c(C)cccc3CC)c3nc(-c4ccccc4C=C)c(F)cc23)[C@@H](C)C1. The van der Waals surface area contributed by atoms with Gasteiger partial charge in [0.15, 0.2) is 5.65 Å². The highest BCUT2D eigenvalue weighted by atomic mass is 19.1. The summed E-state index contributed by atoms with van der Waals surface area (Å²) in [5, 5.41) is 0.428. The number of nitrogens with zero attached hydrogens (tertiary/aromatic N) is 5. The van der Waals surface area contributed by atoms with Gasteiger partial charge in [0.1, 0.15) is 17.3 Å². The minimum atomic E-state index is -0.524. The quantitative estimate of drug-likeness (QED) is 0.311. The molecule has 1 saturated heterocycles. The second-order valence-corrected chi connectivity index (χ2v) is 10.0. The summed E-state index contributed by atoms with van der Waals surface area (Å²) < 4.78 is 17.5. The van der Waals surface area contributed by atoms with E-state index < -0.39 is 11.5 Å². The monoisotopic (exact) mass is 537 g/mol. The molecule has 1 amide bonds. The minimum absolute atomic E-state index is 0.134. The zero-order valence-corrected chi connectivity index (χ0v) is 23.0. The Morgan fingerprint density at radius 2 is 1.90 bits per heavy atom. The normalized spacial score (nSPS) is 15.3. The number of carbonyl (C=O) groups excluding carboxylic acids is 1. The van der Waals surface area contributed by atoms with Gasteiger partial charge in [-0.15, -0.1) is 0 Å². The van der Waals surface area contributed by atoms with Crippen LogP contribution in [0.4, 0.5) is 10.2 Å². The van der Waals surface area contributed by atoms with Crippen molar-refractivity contribution in [3.63, 3.8) is 0 Å². The second-order valence-electron chi connectivity index (χ2n) is 10.0. The molecule has 2 aromatic carbocycles. The molecule has 0 saturated carbocycles. The number of pyridine rings is 1. The van der Waals surface area contributed by atoms with Gasteiger partial charge in [-0.1, -0.05) is 68.6 Å². The van der Waals surface area contributed by atoms with E-state index in [2.05, 4.69) is 18.1 Å². The third-order valence-electron chi connectivity index (χ3n) is 7.55. The molecule has 0 spiro atoms. The lowest BCUT2D eigenvalue weighted by atomic mass is 10.0. The van der Waals surface area contributed by atoms with Gasteiger partial charge in [-0.05, 0) is 49.1 Å². The number of para-hydroxylation sites is 1. The van der Waals surface area contributed by atoms with Crippen molar-refractivity contribution in [1.29, 1.82) is 0 Å². The van der Waals surface area contributed by atoms with Crippen molar-refractivity contribution in [2.45, 2.75) is 33.2 Å². The van der Waals surface area contributed by atoms with Gasteiger partial charge < -0.3 is 9.80 Å². The van der Waals surface area contributed by atoms with Crippen molar-refractivity contribution in [1.82, 2.24) is 19.4 Å². The summed E-state index contributed by atoms with van der Waals surface area (Å²) in [7, 11) is 0. The minimum Gasteiger partial charge on any atom is -0.350 e. The van der Waals surface area contributed by atoms with Crippen LogP contribution in [0, 0.1) is 12.7 Å². The van der Waals surface area contributed by atoms with Crippen LogP contribution in [0.25, 0.3) is 34.1 Å². The summed E-state index contributed by atoms with van der Waals surface area (Å²) in [6.07, 6.45) is 3.65. The lowest BCUT2D eigenvalue weighted by Gasteiger charge is -2.40. The summed E-state index contributed by atoms with van der Waals surface area (Å²) in [4.78, 5) is 39.2. The van der Waals surface area contributed by atoms with E-state index in [4.69, 9.17) is 4.98 Å². The van der Waals surface area contributed by atoms with Crippen LogP contribution in [-0.2, 0) is 11.2 Å². The number of aryl methyl sites for hydroxylation is 2. The molecule has 1 aliphatic heterocycles. The predicted molar refractivity (Wildman–Crippen MR) is 158 cm³/mol. The Morgan fingerprint density at radius 3 is 2.60 bits per heavy atom. The summed E-state index contributed by atoms with van der Waals surface area (Å²) in [6.45, 7) is 14.7. The van der Waals surface area contributed by atoms with Crippen molar-refractivity contribution < 1.29 is 9.18 Å². The van der Waals surface area contributed by atoms with Crippen molar-refractivity contribution in [2.24, 2.45) is 0 Å². The van der Waals surface area contributed by atoms with Crippen LogP contribution in [-0.4, -0.2) is 51.0 Å². The molecule has 8 heteroatoms. The number of aromatic nitrogens is 3. The molecule has 0 bridgehead atoms. The number of hydrogen-bond donors (Lipinski definition) is 0. The average Bonchev–Trinajstić information content (AvgIpc) is 2.96. The van der Waals surface area contributed by atoms with E-state index in [0.29, 0.717) is 54.2 Å². The maximum Gasteiger partial charge on any atom is 0.355 e. The Morgan fingerprint density at radius 1 is 1.12 bits per heavy atom. The maximum atomic E-state index is 15.9. The number of anilines is 1. The van der Waals surface area contributed by atoms with E-state index in [-0.39, 0.29) is 17.6 Å². The number of fused-ring (bicyclic) bond motifs is 1. The van der Waals surface area contributed by atoms with Crippen LogP contribution in [0.15, 0.2) is 72.6 Å². The number of amides is 1. The topological polar surface area (TPSA) is 71.3 Å². The number of halogens is 1. The molecule has 0 N–H and O–H groups in total. The predicted octanol–water partition coefficient (Wildman–Crippen LogP) is 5.32. The van der Waals surface area contributed by atoms with E-state index in [1.54, 1.807) is 17.0 Å². The van der Waals surface area contributed by atoms with Crippen LogP contribution in [0.3, 0.4) is 0 Å². The molecule has 0 aliphatic carbocycles. The largest absolute Gasteiger partial charge is 0.355 e. The molecule has 1 aliphatic rings. The van der Waals surface area contributed by atoms with Gasteiger partial charge in [-0.25, -0.2) is 18.7 Å². The van der Waals surface area contributed by atoms with Gasteiger partial charge in [0.05, 0.1) is 11.1 Å². The smallest absolute Gasteiger partial charge is 0.350 e. The van der Waals surface area contributed by atoms with Gasteiger partial charge >= 0.3 is 5.69 Å². The Labute approximate surface area is 232 Å². The molecule has 0 radical (unpaired) electrons. The standard InChI is InChI=1S/C32H32FN5O2/c1-6-22-13-9-10-15-24(22)28-26(33)18-25-30(37-17-16-36(19-21(37)5)27(39)8-3)35-32(40)38(31(25)34-28)29-20(4)12-11-14-23(29)7-2/h6,8-15,18,21H,1,3,7,16-17,19H2,2,4-5H3/t21-/m0/s1. The molecular weight excluding hydrogens is 505 g/mol. The highest BCUT2D eigenvalue weighted by Gasteiger charge is 2.30. The van der Waals surface area contributed by atoms with Crippen molar-refractivity contribution in [2.75, 3.05) is 24.5 Å². The number of carbonyl (C=O) groups is 1. The van der Waals surface area contributed by atoms with Gasteiger partial charge in [0, 0.05) is 31.2 Å². The highest BCUT2D eigenvalue weighted by molar-refractivity contribution is 5.91. The molecule has 7 nitrogen and oxygen atoms in total. The molecular formula is C32H32FN5O2. The number of piperazine rings is 1. The molecule has 3 heterocycles. The summed E-state index contributed by atoms with van der Waals surface area (Å²) >= 11 is 0. The number of benzene rings is 2. The first-order chi connectivity index (χ1) is 19.3. The van der Waals surface area contributed by atoms with Crippen LogP contribution in [0.2, 0.25) is 0 Å². The van der Waals surface area contributed by atoms with E-state index in [9.17, 15) is 9.59 Å². The van der Waals surface area contributed by atoms with Gasteiger partial charge in [0.2, 0.25) is 5.91 Å². The first-order valence-corrected chi connectivity index (χ1v) is 13.4. The fraction of sp³-hybridized carbons (Fsp3) is 0.250. The van der Waals surface area contributed by atoms with E-state index >= 15 is 4.39 Å². The molecule has 5 rings (SSSR count). The van der Waals surface area contributed by atoms with Gasteiger partial charge in [0.25, 0.3) is 0 Å². The number of rotatable bonds is 6. The Kier molecular flexibility index (Phi) is 7.34. The summed E-state index contributed by atoms with van der Waals surface area (Å²) in [5.41, 5.74) is 3.84. The number of hydrogen-bond acceptors (Lipinski definition) is 5. The molecule has 4 aromatic rings. The Bertz CT molecular complexity index is 1710. The third-order valence-corrected chi connectivity index (χ3v) is 7.55. The molecule has 1 atom stereocenters. The lowest BCUT2D eigenvalue weighted by Crippen LogP contribution is -2.54. The summed E-state index contributed by atoms with van der Waals surface area (Å²) in [5.74, 6) is -0.315. The third kappa shape index (κ3) is 4.59. The van der Waals surface area contributed by atoms with E-state index in [0.717, 1.165) is 16.7 Å². The second kappa shape index (κ2) is 10.9. The zero-order chi connectivity index (χ0) is 28.6. The highest BCUT2D eigenvalue weighted by Crippen LogP contribution is 2.33. The van der Waals surface area contributed by atoms with Gasteiger partial charge in [-0.3, -0.25) is 4.79 Å². The average molecular weight is 538 g/mol. The fourth-order valence-corrected chi connectivity index (χ4v) is 5.53. The van der Waals surface area contributed by atoms with Crippen LogP contribution in [0.1, 0.15) is 30.5 Å². The molecule has 40 heavy (non-hydrogen) atoms. The summed E-state index contributed by atoms with van der Waals surface area (Å²) in [6, 6.07) is 14.4. The fourth-order valence-electron chi connectivity index (χ4n) is 5.53. The Balaban J connectivity index is 1.81. The van der Waals surface area contributed by atoms with Gasteiger partial charge in [-0.2, -0.15) is 4.98 Å². The first kappa shape index (κ1) is 27.0. The van der Waals surface area contributed by atoms with E-state index in [1.807, 2.05) is 62.1 Å². The molecule has 0 unspecified atom stereocenters. The van der Waals surface area contributed by atoms with Crippen molar-refractivity contribution in [3.8, 4) is 16.9 Å². The molecule has 1 fully saturated rings. The van der Waals surface area contributed by atoms with Crippen molar-refractivity contribution in [3.05, 3.63) is 101 Å². The Hall–Kier alpha value is -4.59. The first-order valence-electron chi connectivity index (χ1n) is 13.4. The zero-order valence-electron chi connectivity index (χ0n) is 23.0. The maximum absolute atomic E-state index is 15.9. The lowest BCUT2D eigenvalue weighted by molar-refractivity contribution is -0.126. The van der Waals surface area contributed by atoms with Crippen LogP contribution in [0.5, 0.6) is 0 Å².